The summed E-state index contributed by atoms with van der Waals surface area (Å²) < 4.78 is 19.6. The van der Waals surface area contributed by atoms with E-state index in [2.05, 4.69) is 31.4 Å². The summed E-state index contributed by atoms with van der Waals surface area (Å²) in [7, 11) is 0. The summed E-state index contributed by atoms with van der Waals surface area (Å²) >= 11 is 3.31. The van der Waals surface area contributed by atoms with Crippen molar-refractivity contribution in [3.05, 3.63) is 34.3 Å². The van der Waals surface area contributed by atoms with Crippen molar-refractivity contribution in [2.24, 2.45) is 0 Å². The molecule has 6 heteroatoms. The number of halogens is 2. The van der Waals surface area contributed by atoms with Gasteiger partial charge in [0.05, 0.1) is 11.6 Å². The zero-order valence-corrected chi connectivity index (χ0v) is 11.8. The molecule has 0 amide bonds. The first-order valence-corrected chi connectivity index (χ1v) is 7.06. The number of benzene rings is 1. The molecule has 3 rings (SSSR count). The van der Waals surface area contributed by atoms with Gasteiger partial charge in [0.2, 0.25) is 0 Å². The minimum absolute atomic E-state index is 0.108. The molecule has 1 unspecified atom stereocenters. The first kappa shape index (κ1) is 12.7. The quantitative estimate of drug-likeness (QED) is 0.918. The Kier molecular flexibility index (Phi) is 3.61. The van der Waals surface area contributed by atoms with Crippen LogP contribution < -0.4 is 5.32 Å². The van der Waals surface area contributed by atoms with E-state index in [1.165, 1.54) is 12.5 Å². The predicted octanol–water partition coefficient (Wildman–Crippen LogP) is 3.45. The predicted molar refractivity (Wildman–Crippen MR) is 72.0 cm³/mol. The van der Waals surface area contributed by atoms with Gasteiger partial charge in [-0.25, -0.2) is 4.39 Å². The number of nitrogens with zero attached hydrogens (tertiary/aromatic N) is 2. The second-order valence-electron chi connectivity index (χ2n) is 4.56. The van der Waals surface area contributed by atoms with Gasteiger partial charge in [0.15, 0.2) is 5.82 Å². The van der Waals surface area contributed by atoms with Crippen molar-refractivity contribution in [2.45, 2.75) is 25.3 Å². The Bertz CT molecular complexity index is 561. The maximum atomic E-state index is 13.8. The van der Waals surface area contributed by atoms with Gasteiger partial charge in [-0.3, -0.25) is 0 Å². The van der Waals surface area contributed by atoms with Gasteiger partial charge in [0, 0.05) is 4.47 Å². The first-order chi connectivity index (χ1) is 9.25. The fourth-order valence-electron chi connectivity index (χ4n) is 2.25. The summed E-state index contributed by atoms with van der Waals surface area (Å²) in [5, 5.41) is 7.30. The van der Waals surface area contributed by atoms with Crippen LogP contribution in [0.1, 0.15) is 31.1 Å². The molecule has 19 heavy (non-hydrogen) atoms. The van der Waals surface area contributed by atoms with Crippen molar-refractivity contribution in [2.75, 3.05) is 6.54 Å². The summed E-state index contributed by atoms with van der Waals surface area (Å²) in [4.78, 5) is 4.32. The Morgan fingerprint density at radius 2 is 2.26 bits per heavy atom. The van der Waals surface area contributed by atoms with E-state index in [9.17, 15) is 4.39 Å². The summed E-state index contributed by atoms with van der Waals surface area (Å²) in [5.41, 5.74) is 0.317. The number of piperidine rings is 1. The van der Waals surface area contributed by atoms with Gasteiger partial charge in [-0.1, -0.05) is 17.6 Å². The minimum atomic E-state index is -0.374. The Morgan fingerprint density at radius 3 is 3.00 bits per heavy atom. The molecular weight excluding hydrogens is 313 g/mol. The van der Waals surface area contributed by atoms with Crippen molar-refractivity contribution in [3.8, 4) is 11.5 Å². The zero-order valence-electron chi connectivity index (χ0n) is 10.2. The summed E-state index contributed by atoms with van der Waals surface area (Å²) in [6.45, 7) is 0.956. The molecule has 1 saturated heterocycles. The highest BCUT2D eigenvalue weighted by atomic mass is 79.9. The van der Waals surface area contributed by atoms with E-state index in [0.717, 1.165) is 19.4 Å². The third-order valence-corrected chi connectivity index (χ3v) is 3.90. The van der Waals surface area contributed by atoms with E-state index in [-0.39, 0.29) is 17.7 Å². The Morgan fingerprint density at radius 1 is 1.37 bits per heavy atom. The number of hydrogen-bond donors (Lipinski definition) is 1. The van der Waals surface area contributed by atoms with E-state index in [0.29, 0.717) is 15.9 Å². The van der Waals surface area contributed by atoms with E-state index < -0.39 is 0 Å². The Balaban J connectivity index is 1.92. The fraction of sp³-hybridized carbons (Fsp3) is 0.385. The largest absolute Gasteiger partial charge is 0.334 e. The van der Waals surface area contributed by atoms with Crippen LogP contribution in [-0.2, 0) is 0 Å². The van der Waals surface area contributed by atoms with Crippen LogP contribution in [0, 0.1) is 5.82 Å². The van der Waals surface area contributed by atoms with Crippen molar-refractivity contribution >= 4 is 15.9 Å². The van der Waals surface area contributed by atoms with Crippen LogP contribution in [-0.4, -0.2) is 16.7 Å². The molecule has 0 saturated carbocycles. The molecular formula is C13H13BrFN3O. The highest BCUT2D eigenvalue weighted by Gasteiger charge is 2.22. The van der Waals surface area contributed by atoms with Gasteiger partial charge >= 0.3 is 0 Å². The highest BCUT2D eigenvalue weighted by molar-refractivity contribution is 9.10. The monoisotopic (exact) mass is 325 g/mol. The topological polar surface area (TPSA) is 51.0 Å². The number of rotatable bonds is 2. The van der Waals surface area contributed by atoms with E-state index in [1.54, 1.807) is 12.1 Å². The molecule has 1 aliphatic rings. The summed E-state index contributed by atoms with van der Waals surface area (Å²) in [5.74, 6) is 0.443. The molecule has 0 aliphatic carbocycles. The standard InChI is InChI=1S/C13H13BrFN3O/c14-8-4-3-5-9(15)11(8)13-17-12(18-19-13)10-6-1-2-7-16-10/h3-5,10,16H,1-2,6-7H2. The second kappa shape index (κ2) is 5.38. The summed E-state index contributed by atoms with van der Waals surface area (Å²) in [6.07, 6.45) is 3.29. The van der Waals surface area contributed by atoms with Gasteiger partial charge in [0.25, 0.3) is 5.89 Å². The van der Waals surface area contributed by atoms with Crippen molar-refractivity contribution in [3.63, 3.8) is 0 Å². The third-order valence-electron chi connectivity index (χ3n) is 3.24. The maximum absolute atomic E-state index is 13.8. The second-order valence-corrected chi connectivity index (χ2v) is 5.41. The van der Waals surface area contributed by atoms with Crippen LogP contribution in [0.5, 0.6) is 0 Å². The van der Waals surface area contributed by atoms with Gasteiger partial charge in [-0.2, -0.15) is 4.98 Å². The van der Waals surface area contributed by atoms with Crippen molar-refractivity contribution < 1.29 is 8.91 Å². The molecule has 1 atom stereocenters. The lowest BCUT2D eigenvalue weighted by molar-refractivity contribution is 0.366. The van der Waals surface area contributed by atoms with E-state index in [4.69, 9.17) is 4.52 Å². The Labute approximate surface area is 118 Å². The molecule has 0 bridgehead atoms. The van der Waals surface area contributed by atoms with E-state index in [1.807, 2.05) is 0 Å². The fourth-order valence-corrected chi connectivity index (χ4v) is 2.76. The summed E-state index contributed by atoms with van der Waals surface area (Å²) in [6, 6.07) is 4.86. The molecule has 2 aromatic rings. The first-order valence-electron chi connectivity index (χ1n) is 6.27. The maximum Gasteiger partial charge on any atom is 0.262 e. The lowest BCUT2D eigenvalue weighted by atomic mass is 10.0. The van der Waals surface area contributed by atoms with Crippen molar-refractivity contribution in [1.82, 2.24) is 15.5 Å². The van der Waals surface area contributed by atoms with Gasteiger partial charge in [-0.15, -0.1) is 0 Å². The lowest BCUT2D eigenvalue weighted by Gasteiger charge is -2.19. The molecule has 1 aromatic heterocycles. The minimum Gasteiger partial charge on any atom is -0.334 e. The molecule has 0 radical (unpaired) electrons. The van der Waals surface area contributed by atoms with Crippen LogP contribution in [0.15, 0.2) is 27.2 Å². The zero-order chi connectivity index (χ0) is 13.2. The number of aromatic nitrogens is 2. The third kappa shape index (κ3) is 2.55. The Hall–Kier alpha value is -1.27. The number of nitrogens with one attached hydrogen (secondary N) is 1. The van der Waals surface area contributed by atoms with E-state index >= 15 is 0 Å². The van der Waals surface area contributed by atoms with Crippen LogP contribution >= 0.6 is 15.9 Å². The average molecular weight is 326 g/mol. The molecule has 1 aromatic carbocycles. The molecule has 2 heterocycles. The SMILES string of the molecule is Fc1cccc(Br)c1-c1nc(C2CCCCN2)no1. The molecule has 0 spiro atoms. The normalized spacial score (nSPS) is 19.6. The molecule has 1 fully saturated rings. The van der Waals surface area contributed by atoms with Gasteiger partial charge in [-0.05, 0) is 47.4 Å². The molecule has 4 nitrogen and oxygen atoms in total. The molecule has 1 aliphatic heterocycles. The van der Waals surface area contributed by atoms with Crippen LogP contribution in [0.3, 0.4) is 0 Å². The smallest absolute Gasteiger partial charge is 0.262 e. The molecule has 1 N–H and O–H groups in total. The molecule has 100 valence electrons. The van der Waals surface area contributed by atoms with Crippen LogP contribution in [0.4, 0.5) is 4.39 Å². The van der Waals surface area contributed by atoms with Gasteiger partial charge in [0.1, 0.15) is 5.82 Å². The van der Waals surface area contributed by atoms with Gasteiger partial charge < -0.3 is 9.84 Å². The highest BCUT2D eigenvalue weighted by Crippen LogP contribution is 2.31. The lowest BCUT2D eigenvalue weighted by Crippen LogP contribution is -2.27. The average Bonchev–Trinajstić information content (AvgIpc) is 2.89. The van der Waals surface area contributed by atoms with Crippen LogP contribution in [0.2, 0.25) is 0 Å². The van der Waals surface area contributed by atoms with Crippen molar-refractivity contribution in [1.29, 1.82) is 0 Å². The van der Waals surface area contributed by atoms with Crippen LogP contribution in [0.25, 0.3) is 11.5 Å². The number of hydrogen-bond acceptors (Lipinski definition) is 4.